The van der Waals surface area contributed by atoms with Crippen LogP contribution in [0.1, 0.15) is 38.5 Å². The van der Waals surface area contributed by atoms with Crippen LogP contribution in [0.2, 0.25) is 0 Å². The van der Waals surface area contributed by atoms with Gasteiger partial charge < -0.3 is 20.1 Å². The van der Waals surface area contributed by atoms with Gasteiger partial charge in [-0.05, 0) is 18.8 Å². The van der Waals surface area contributed by atoms with E-state index in [4.69, 9.17) is 9.84 Å². The van der Waals surface area contributed by atoms with Crippen LogP contribution in [0.15, 0.2) is 0 Å². The highest BCUT2D eigenvalue weighted by Gasteiger charge is 2.32. The topological polar surface area (TPSA) is 95.9 Å². The zero-order valence-corrected chi connectivity index (χ0v) is 12.8. The molecule has 124 valence electrons. The zero-order chi connectivity index (χ0) is 15.9. The van der Waals surface area contributed by atoms with E-state index in [-0.39, 0.29) is 31.5 Å². The van der Waals surface area contributed by atoms with Crippen molar-refractivity contribution in [2.24, 2.45) is 5.92 Å². The number of hydrogen-bond acceptors (Lipinski definition) is 4. The molecule has 1 saturated carbocycles. The molecule has 7 nitrogen and oxygen atoms in total. The van der Waals surface area contributed by atoms with E-state index in [0.29, 0.717) is 18.9 Å². The molecule has 1 heterocycles. The van der Waals surface area contributed by atoms with Gasteiger partial charge in [0, 0.05) is 13.0 Å². The summed E-state index contributed by atoms with van der Waals surface area (Å²) >= 11 is 0. The van der Waals surface area contributed by atoms with Crippen molar-refractivity contribution in [3.05, 3.63) is 0 Å². The predicted octanol–water partition coefficient (Wildman–Crippen LogP) is 0.385. The molecule has 0 aromatic heterocycles. The maximum atomic E-state index is 12.1. The molecule has 0 bridgehead atoms. The number of carbonyl (C=O) groups excluding carboxylic acids is 2. The Kier molecular flexibility index (Phi) is 6.18. The first-order valence-corrected chi connectivity index (χ1v) is 7.94. The SMILES string of the molecule is O=C(CC1CCCCC1)NCC(=O)N1CCOCC1C(=O)O. The van der Waals surface area contributed by atoms with E-state index in [0.717, 1.165) is 12.8 Å². The van der Waals surface area contributed by atoms with Crippen molar-refractivity contribution in [2.75, 3.05) is 26.3 Å². The Morgan fingerprint density at radius 3 is 2.59 bits per heavy atom. The molecule has 2 amide bonds. The van der Waals surface area contributed by atoms with E-state index >= 15 is 0 Å². The number of amides is 2. The Labute approximate surface area is 130 Å². The lowest BCUT2D eigenvalue weighted by Crippen LogP contribution is -2.55. The quantitative estimate of drug-likeness (QED) is 0.765. The molecule has 0 aromatic carbocycles. The summed E-state index contributed by atoms with van der Waals surface area (Å²) in [6.45, 7) is 0.423. The van der Waals surface area contributed by atoms with Gasteiger partial charge in [0.05, 0.1) is 19.8 Å². The van der Waals surface area contributed by atoms with Gasteiger partial charge in [-0.15, -0.1) is 0 Å². The number of nitrogens with one attached hydrogen (secondary N) is 1. The fourth-order valence-corrected chi connectivity index (χ4v) is 3.11. The third kappa shape index (κ3) is 4.69. The van der Waals surface area contributed by atoms with Gasteiger partial charge >= 0.3 is 5.97 Å². The number of carboxylic acids is 1. The number of morpholine rings is 1. The molecule has 1 saturated heterocycles. The largest absolute Gasteiger partial charge is 0.480 e. The summed E-state index contributed by atoms with van der Waals surface area (Å²) in [6, 6.07) is -0.962. The standard InChI is InChI=1S/C15H24N2O5/c18-13(8-11-4-2-1-3-5-11)16-9-14(19)17-6-7-22-10-12(17)15(20)21/h11-12H,1-10H2,(H,16,18)(H,20,21). The van der Waals surface area contributed by atoms with Crippen molar-refractivity contribution >= 4 is 17.8 Å². The van der Waals surface area contributed by atoms with E-state index < -0.39 is 12.0 Å². The lowest BCUT2D eigenvalue weighted by molar-refractivity contribution is -0.158. The van der Waals surface area contributed by atoms with Crippen LogP contribution in [-0.2, 0) is 19.1 Å². The lowest BCUT2D eigenvalue weighted by Gasteiger charge is -2.32. The summed E-state index contributed by atoms with van der Waals surface area (Å²) < 4.78 is 5.09. The fourth-order valence-electron chi connectivity index (χ4n) is 3.11. The van der Waals surface area contributed by atoms with E-state index in [1.165, 1.54) is 24.2 Å². The van der Waals surface area contributed by atoms with Gasteiger partial charge in [0.15, 0.2) is 6.04 Å². The van der Waals surface area contributed by atoms with Gasteiger partial charge in [-0.1, -0.05) is 19.3 Å². The number of ether oxygens (including phenoxy) is 1. The second-order valence-electron chi connectivity index (χ2n) is 6.00. The molecule has 2 rings (SSSR count). The third-order valence-electron chi connectivity index (χ3n) is 4.37. The Balaban J connectivity index is 1.75. The maximum Gasteiger partial charge on any atom is 0.328 e. The van der Waals surface area contributed by atoms with Gasteiger partial charge in [0.1, 0.15) is 0 Å². The Bertz CT molecular complexity index is 420. The number of rotatable bonds is 5. The van der Waals surface area contributed by atoms with Crippen molar-refractivity contribution in [1.29, 1.82) is 0 Å². The van der Waals surface area contributed by atoms with Crippen molar-refractivity contribution in [3.8, 4) is 0 Å². The summed E-state index contributed by atoms with van der Waals surface area (Å²) in [4.78, 5) is 36.4. The monoisotopic (exact) mass is 312 g/mol. The molecule has 1 atom stereocenters. The Morgan fingerprint density at radius 2 is 1.91 bits per heavy atom. The smallest absolute Gasteiger partial charge is 0.328 e. The fraction of sp³-hybridized carbons (Fsp3) is 0.800. The highest BCUT2D eigenvalue weighted by atomic mass is 16.5. The van der Waals surface area contributed by atoms with Crippen LogP contribution in [0.25, 0.3) is 0 Å². The lowest BCUT2D eigenvalue weighted by atomic mass is 9.87. The summed E-state index contributed by atoms with van der Waals surface area (Å²) in [7, 11) is 0. The van der Waals surface area contributed by atoms with E-state index in [9.17, 15) is 14.4 Å². The normalized spacial score (nSPS) is 23.1. The van der Waals surface area contributed by atoms with Crippen LogP contribution < -0.4 is 5.32 Å². The van der Waals surface area contributed by atoms with Gasteiger partial charge in [-0.25, -0.2) is 4.79 Å². The van der Waals surface area contributed by atoms with Crippen LogP contribution >= 0.6 is 0 Å². The number of carbonyl (C=O) groups is 3. The van der Waals surface area contributed by atoms with Crippen LogP contribution in [0.4, 0.5) is 0 Å². The Hall–Kier alpha value is -1.63. The summed E-state index contributed by atoms with van der Waals surface area (Å²) in [5.41, 5.74) is 0. The molecule has 22 heavy (non-hydrogen) atoms. The minimum absolute atomic E-state index is 0.00288. The summed E-state index contributed by atoms with van der Waals surface area (Å²) in [5.74, 6) is -1.16. The van der Waals surface area contributed by atoms with Crippen LogP contribution in [0.5, 0.6) is 0 Å². The predicted molar refractivity (Wildman–Crippen MR) is 78.2 cm³/mol. The molecule has 2 fully saturated rings. The molecule has 2 N–H and O–H groups in total. The molecule has 7 heteroatoms. The second-order valence-corrected chi connectivity index (χ2v) is 6.00. The number of nitrogens with zero attached hydrogens (tertiary/aromatic N) is 1. The van der Waals surface area contributed by atoms with Gasteiger partial charge in [-0.3, -0.25) is 9.59 Å². The molecule has 0 spiro atoms. The molecular weight excluding hydrogens is 288 g/mol. The first-order chi connectivity index (χ1) is 10.6. The zero-order valence-electron chi connectivity index (χ0n) is 12.8. The molecule has 2 aliphatic rings. The minimum atomic E-state index is -1.08. The first kappa shape index (κ1) is 16.7. The van der Waals surface area contributed by atoms with Crippen LogP contribution in [-0.4, -0.2) is 60.1 Å². The van der Waals surface area contributed by atoms with Gasteiger partial charge in [0.2, 0.25) is 11.8 Å². The van der Waals surface area contributed by atoms with Gasteiger partial charge in [-0.2, -0.15) is 0 Å². The van der Waals surface area contributed by atoms with Crippen molar-refractivity contribution in [2.45, 2.75) is 44.6 Å². The van der Waals surface area contributed by atoms with E-state index in [2.05, 4.69) is 5.32 Å². The number of aliphatic carboxylic acids is 1. The Morgan fingerprint density at radius 1 is 1.18 bits per heavy atom. The van der Waals surface area contributed by atoms with E-state index in [1.54, 1.807) is 0 Å². The molecular formula is C15H24N2O5. The first-order valence-electron chi connectivity index (χ1n) is 7.94. The highest BCUT2D eigenvalue weighted by molar-refractivity contribution is 5.88. The number of hydrogen-bond donors (Lipinski definition) is 2. The second kappa shape index (κ2) is 8.12. The molecule has 1 aliphatic carbocycles. The van der Waals surface area contributed by atoms with Crippen LogP contribution in [0, 0.1) is 5.92 Å². The highest BCUT2D eigenvalue weighted by Crippen LogP contribution is 2.25. The van der Waals surface area contributed by atoms with Gasteiger partial charge in [0.25, 0.3) is 0 Å². The molecule has 0 radical (unpaired) electrons. The summed E-state index contributed by atoms with van der Waals surface area (Å²) in [5, 5.41) is 11.7. The van der Waals surface area contributed by atoms with Crippen molar-refractivity contribution in [3.63, 3.8) is 0 Å². The number of carboxylic acid groups (broad SMARTS) is 1. The average Bonchev–Trinajstić information content (AvgIpc) is 2.53. The third-order valence-corrected chi connectivity index (χ3v) is 4.37. The van der Waals surface area contributed by atoms with E-state index in [1.807, 2.05) is 0 Å². The average molecular weight is 312 g/mol. The summed E-state index contributed by atoms with van der Waals surface area (Å²) in [6.07, 6.45) is 6.19. The van der Waals surface area contributed by atoms with Crippen molar-refractivity contribution < 1.29 is 24.2 Å². The van der Waals surface area contributed by atoms with Crippen LogP contribution in [0.3, 0.4) is 0 Å². The molecule has 1 unspecified atom stereocenters. The molecule has 0 aromatic rings. The van der Waals surface area contributed by atoms with Crippen molar-refractivity contribution in [1.82, 2.24) is 10.2 Å². The maximum absolute atomic E-state index is 12.1. The molecule has 1 aliphatic heterocycles. The minimum Gasteiger partial charge on any atom is -0.480 e.